The van der Waals surface area contributed by atoms with E-state index < -0.39 is 46.0 Å². The van der Waals surface area contributed by atoms with Crippen LogP contribution in [0.3, 0.4) is 0 Å². The van der Waals surface area contributed by atoms with Crippen LogP contribution in [0.1, 0.15) is 11.1 Å². The summed E-state index contributed by atoms with van der Waals surface area (Å²) in [6.07, 6.45) is -5.02. The van der Waals surface area contributed by atoms with Gasteiger partial charge in [0.1, 0.15) is 40.6 Å². The molecule has 122 valence electrons. The molecule has 0 unspecified atom stereocenters. The molecule has 24 heavy (non-hydrogen) atoms. The average molecular weight is 338 g/mol. The maximum Gasteiger partial charge on any atom is 0.573 e. The molecule has 0 saturated heterocycles. The quantitative estimate of drug-likeness (QED) is 0.816. The number of rotatable bonds is 2. The Bertz CT molecular complexity index is 951. The number of nitrogen functional groups attached to an aromatic ring is 1. The molecule has 10 heteroatoms. The Morgan fingerprint density at radius 1 is 1.17 bits per heavy atom. The first kappa shape index (κ1) is 16.8. The van der Waals surface area contributed by atoms with E-state index in [0.29, 0.717) is 6.07 Å². The molecule has 0 saturated carbocycles. The van der Waals surface area contributed by atoms with Crippen LogP contribution in [0, 0.1) is 28.5 Å². The van der Waals surface area contributed by atoms with Crippen LogP contribution in [0.5, 0.6) is 5.75 Å². The minimum Gasteiger partial charge on any atom is -0.406 e. The van der Waals surface area contributed by atoms with Gasteiger partial charge in [0, 0.05) is 17.2 Å². The van der Waals surface area contributed by atoms with E-state index in [2.05, 4.69) is 9.72 Å². The molecule has 0 atom stereocenters. The van der Waals surface area contributed by atoms with Crippen LogP contribution >= 0.6 is 0 Å². The molecular weight excluding hydrogens is 332 g/mol. The number of nitrogens with zero attached hydrogens (tertiary/aromatic N) is 2. The van der Waals surface area contributed by atoms with E-state index in [1.165, 1.54) is 6.07 Å². The maximum atomic E-state index is 14.2. The van der Waals surface area contributed by atoms with E-state index in [1.54, 1.807) is 6.07 Å². The highest BCUT2D eigenvalue weighted by molar-refractivity contribution is 5.80. The second-order valence-corrected chi connectivity index (χ2v) is 4.41. The number of aromatic amines is 1. The summed E-state index contributed by atoms with van der Waals surface area (Å²) in [5.41, 5.74) is 2.70. The van der Waals surface area contributed by atoms with E-state index in [0.717, 1.165) is 12.1 Å². The summed E-state index contributed by atoms with van der Waals surface area (Å²) in [6.45, 7) is 0. The number of hydrogen-bond donors (Lipinski definition) is 2. The monoisotopic (exact) mass is 338 g/mol. The zero-order valence-electron chi connectivity index (χ0n) is 11.5. The second kappa shape index (κ2) is 5.93. The highest BCUT2D eigenvalue weighted by Crippen LogP contribution is 2.33. The van der Waals surface area contributed by atoms with Gasteiger partial charge in [-0.3, -0.25) is 4.79 Å². The van der Waals surface area contributed by atoms with Crippen molar-refractivity contribution in [1.29, 1.82) is 10.5 Å². The standard InChI is InChI=1S/C14H6F4N4O2/c15-10-3-6(24-14(16,17)18)1-2-7(10)11-8(4-19)12(21)22-13(23)9(11)5-20/h1-3H,(H3,21,22,23). The Kier molecular flexibility index (Phi) is 4.16. The topological polar surface area (TPSA) is 116 Å². The third-order valence-corrected chi connectivity index (χ3v) is 2.91. The third kappa shape index (κ3) is 3.13. The van der Waals surface area contributed by atoms with Crippen molar-refractivity contribution < 1.29 is 22.3 Å². The van der Waals surface area contributed by atoms with Crippen molar-refractivity contribution in [1.82, 2.24) is 4.98 Å². The fourth-order valence-corrected chi connectivity index (χ4v) is 2.01. The largest absolute Gasteiger partial charge is 0.573 e. The number of nitrogens with two attached hydrogens (primary N) is 1. The summed E-state index contributed by atoms with van der Waals surface area (Å²) in [4.78, 5) is 13.8. The minimum absolute atomic E-state index is 0.380. The van der Waals surface area contributed by atoms with Gasteiger partial charge in [0.2, 0.25) is 0 Å². The molecule has 0 aliphatic carbocycles. The Morgan fingerprint density at radius 3 is 2.29 bits per heavy atom. The molecule has 3 N–H and O–H groups in total. The number of nitriles is 2. The van der Waals surface area contributed by atoms with Crippen LogP contribution < -0.4 is 16.0 Å². The number of anilines is 1. The Labute approximate surface area is 131 Å². The van der Waals surface area contributed by atoms with Gasteiger partial charge in [-0.05, 0) is 12.1 Å². The van der Waals surface area contributed by atoms with Crippen molar-refractivity contribution in [2.45, 2.75) is 6.36 Å². The van der Waals surface area contributed by atoms with Crippen LogP contribution in [0.25, 0.3) is 11.1 Å². The molecule has 2 rings (SSSR count). The summed E-state index contributed by atoms with van der Waals surface area (Å²) in [6, 6.07) is 5.19. The van der Waals surface area contributed by atoms with Gasteiger partial charge in [-0.1, -0.05) is 0 Å². The summed E-state index contributed by atoms with van der Waals surface area (Å²) in [5.74, 6) is -2.46. The van der Waals surface area contributed by atoms with Crippen LogP contribution in [-0.4, -0.2) is 11.3 Å². The van der Waals surface area contributed by atoms with E-state index >= 15 is 0 Å². The Balaban J connectivity index is 2.72. The summed E-state index contributed by atoms with van der Waals surface area (Å²) in [5, 5.41) is 18.2. The molecule has 0 spiro atoms. The van der Waals surface area contributed by atoms with Crippen molar-refractivity contribution in [2.24, 2.45) is 0 Å². The van der Waals surface area contributed by atoms with Crippen molar-refractivity contribution >= 4 is 5.82 Å². The van der Waals surface area contributed by atoms with E-state index in [4.69, 9.17) is 16.3 Å². The van der Waals surface area contributed by atoms with Gasteiger partial charge in [0.15, 0.2) is 0 Å². The minimum atomic E-state index is -5.02. The second-order valence-electron chi connectivity index (χ2n) is 4.41. The highest BCUT2D eigenvalue weighted by atomic mass is 19.4. The van der Waals surface area contributed by atoms with Crippen molar-refractivity contribution in [3.05, 3.63) is 45.5 Å². The normalized spacial score (nSPS) is 10.8. The molecule has 0 aliphatic heterocycles. The number of halogens is 4. The van der Waals surface area contributed by atoms with Gasteiger partial charge in [-0.25, -0.2) is 4.39 Å². The number of hydrogen-bond acceptors (Lipinski definition) is 5. The zero-order chi connectivity index (χ0) is 18.1. The SMILES string of the molecule is N#Cc1c(N)[nH]c(=O)c(C#N)c1-c1ccc(OC(F)(F)F)cc1F. The van der Waals surface area contributed by atoms with Crippen LogP contribution in [0.15, 0.2) is 23.0 Å². The van der Waals surface area contributed by atoms with E-state index in [9.17, 15) is 22.4 Å². The number of aromatic nitrogens is 1. The predicted molar refractivity (Wildman–Crippen MR) is 73.0 cm³/mol. The highest BCUT2D eigenvalue weighted by Gasteiger charge is 2.31. The molecule has 0 fully saturated rings. The van der Waals surface area contributed by atoms with Crippen LogP contribution in [0.2, 0.25) is 0 Å². The van der Waals surface area contributed by atoms with E-state index in [-0.39, 0.29) is 5.56 Å². The fourth-order valence-electron chi connectivity index (χ4n) is 2.01. The van der Waals surface area contributed by atoms with Gasteiger partial charge in [0.25, 0.3) is 5.56 Å². The average Bonchev–Trinajstić information content (AvgIpc) is 2.45. The number of pyridine rings is 1. The van der Waals surface area contributed by atoms with Gasteiger partial charge in [0.05, 0.1) is 0 Å². The number of ether oxygens (including phenoxy) is 1. The number of benzene rings is 1. The van der Waals surface area contributed by atoms with E-state index in [1.807, 2.05) is 0 Å². The molecule has 0 amide bonds. The molecule has 6 nitrogen and oxygen atoms in total. The van der Waals surface area contributed by atoms with Gasteiger partial charge in [-0.2, -0.15) is 10.5 Å². The third-order valence-electron chi connectivity index (χ3n) is 2.91. The number of alkyl halides is 3. The lowest BCUT2D eigenvalue weighted by Gasteiger charge is -2.12. The summed E-state index contributed by atoms with van der Waals surface area (Å²) >= 11 is 0. The lowest BCUT2D eigenvalue weighted by atomic mass is 9.96. The lowest BCUT2D eigenvalue weighted by molar-refractivity contribution is -0.274. The van der Waals surface area contributed by atoms with Gasteiger partial charge >= 0.3 is 6.36 Å². The predicted octanol–water partition coefficient (Wildman–Crippen LogP) is 2.41. The van der Waals surface area contributed by atoms with Crippen molar-refractivity contribution in [3.8, 4) is 29.0 Å². The molecule has 0 bridgehead atoms. The molecule has 1 aromatic carbocycles. The molecule has 1 heterocycles. The molecule has 1 aromatic heterocycles. The summed E-state index contributed by atoms with van der Waals surface area (Å²) < 4.78 is 54.2. The Hall–Kier alpha value is -3.53. The van der Waals surface area contributed by atoms with Crippen LogP contribution in [0.4, 0.5) is 23.4 Å². The maximum absolute atomic E-state index is 14.2. The Morgan fingerprint density at radius 2 is 1.79 bits per heavy atom. The molecular formula is C14H6F4N4O2. The lowest BCUT2D eigenvalue weighted by Crippen LogP contribution is -2.18. The van der Waals surface area contributed by atoms with Gasteiger partial charge in [-0.15, -0.1) is 13.2 Å². The molecule has 2 aromatic rings. The van der Waals surface area contributed by atoms with Gasteiger partial charge < -0.3 is 15.5 Å². The van der Waals surface area contributed by atoms with Crippen LogP contribution in [-0.2, 0) is 0 Å². The summed E-state index contributed by atoms with van der Waals surface area (Å²) in [7, 11) is 0. The molecule has 0 aliphatic rings. The number of nitrogens with one attached hydrogen (secondary N) is 1. The fraction of sp³-hybridized carbons (Fsp3) is 0.0714. The van der Waals surface area contributed by atoms with Crippen molar-refractivity contribution in [2.75, 3.05) is 5.73 Å². The smallest absolute Gasteiger partial charge is 0.406 e. The number of H-pyrrole nitrogens is 1. The first-order valence-electron chi connectivity index (χ1n) is 6.09. The zero-order valence-corrected chi connectivity index (χ0v) is 11.5. The first-order valence-corrected chi connectivity index (χ1v) is 6.09. The molecule has 0 radical (unpaired) electrons. The first-order chi connectivity index (χ1) is 11.2. The van der Waals surface area contributed by atoms with Crippen molar-refractivity contribution in [3.63, 3.8) is 0 Å².